The molecule has 0 spiro atoms. The third-order valence-electron chi connectivity index (χ3n) is 2.89. The molecule has 1 nitrogen and oxygen atoms in total. The molecule has 0 radical (unpaired) electrons. The van der Waals surface area contributed by atoms with Crippen LogP contribution in [0.1, 0.15) is 40.0 Å². The van der Waals surface area contributed by atoms with Crippen molar-refractivity contribution in [3.05, 3.63) is 0 Å². The molecule has 1 aliphatic rings. The van der Waals surface area contributed by atoms with Crippen LogP contribution < -0.4 is 0 Å². The monoisotopic (exact) mass is 185 g/mol. The third kappa shape index (κ3) is 2.25. The minimum absolute atomic E-state index is 0.693. The predicted octanol–water partition coefficient (Wildman–Crippen LogP) is 3.36. The first kappa shape index (κ1) is 10.1. The number of hydrogen-bond acceptors (Lipinski definition) is 2. The molecule has 0 N–H and O–H groups in total. The van der Waals surface area contributed by atoms with Crippen molar-refractivity contribution >= 4 is 18.5 Å². The summed E-state index contributed by atoms with van der Waals surface area (Å²) >= 11 is 4.05. The largest absolute Gasteiger partial charge is 0.229 e. The number of thiol groups is 1. The highest BCUT2D eigenvalue weighted by atomic mass is 32.1. The van der Waals surface area contributed by atoms with E-state index in [4.69, 9.17) is 0 Å². The molecule has 2 unspecified atom stereocenters. The maximum atomic E-state index is 4.11. The molecule has 1 fully saturated rings. The van der Waals surface area contributed by atoms with Crippen molar-refractivity contribution in [2.24, 2.45) is 22.2 Å². The molecule has 1 aliphatic carbocycles. The summed E-state index contributed by atoms with van der Waals surface area (Å²) in [5.74, 6) is 2.23. The van der Waals surface area contributed by atoms with Crippen molar-refractivity contribution in [2.75, 3.05) is 0 Å². The van der Waals surface area contributed by atoms with Gasteiger partial charge in [-0.1, -0.05) is 20.8 Å². The average Bonchev–Trinajstić information content (AvgIpc) is 2.03. The molecule has 2 heteroatoms. The van der Waals surface area contributed by atoms with Crippen LogP contribution in [-0.2, 0) is 0 Å². The van der Waals surface area contributed by atoms with Gasteiger partial charge >= 0.3 is 0 Å². The molecule has 0 amide bonds. The van der Waals surface area contributed by atoms with E-state index >= 15 is 0 Å². The van der Waals surface area contributed by atoms with Crippen LogP contribution in [0, 0.1) is 17.8 Å². The van der Waals surface area contributed by atoms with Crippen molar-refractivity contribution in [3.63, 3.8) is 0 Å². The summed E-state index contributed by atoms with van der Waals surface area (Å²) in [6, 6.07) is 0. The van der Waals surface area contributed by atoms with Crippen molar-refractivity contribution in [3.8, 4) is 0 Å². The summed E-state index contributed by atoms with van der Waals surface area (Å²) in [4.78, 5) is 0. The highest BCUT2D eigenvalue weighted by Crippen LogP contribution is 2.31. The first-order chi connectivity index (χ1) is 5.65. The molecule has 0 saturated heterocycles. The molecule has 1 saturated carbocycles. The predicted molar refractivity (Wildman–Crippen MR) is 57.8 cm³/mol. The SMILES string of the molecule is CC1CCC(C(C)C)C(=NS)C1. The minimum atomic E-state index is 0.693. The molecule has 12 heavy (non-hydrogen) atoms. The lowest BCUT2D eigenvalue weighted by atomic mass is 9.76. The fraction of sp³-hybridized carbons (Fsp3) is 0.900. The van der Waals surface area contributed by atoms with Gasteiger partial charge in [-0.3, -0.25) is 0 Å². The molecule has 1 rings (SSSR count). The maximum Gasteiger partial charge on any atom is 0.0295 e. The Hall–Kier alpha value is 0.0200. The van der Waals surface area contributed by atoms with Crippen LogP contribution in [0.5, 0.6) is 0 Å². The van der Waals surface area contributed by atoms with Crippen LogP contribution in [0.4, 0.5) is 0 Å². The molecule has 0 aromatic carbocycles. The van der Waals surface area contributed by atoms with E-state index in [1.807, 2.05) is 0 Å². The Labute approximate surface area is 81.2 Å². The molecule has 0 aromatic heterocycles. The van der Waals surface area contributed by atoms with E-state index in [1.54, 1.807) is 0 Å². The first-order valence-corrected chi connectivity index (χ1v) is 5.26. The van der Waals surface area contributed by atoms with E-state index in [2.05, 4.69) is 38.0 Å². The van der Waals surface area contributed by atoms with E-state index in [-0.39, 0.29) is 0 Å². The molecule has 2 atom stereocenters. The molecular formula is C10H19NS. The van der Waals surface area contributed by atoms with Crippen LogP contribution in [0.2, 0.25) is 0 Å². The van der Waals surface area contributed by atoms with Gasteiger partial charge in [0.25, 0.3) is 0 Å². The van der Waals surface area contributed by atoms with Crippen molar-refractivity contribution in [2.45, 2.75) is 40.0 Å². The van der Waals surface area contributed by atoms with Gasteiger partial charge in [0.2, 0.25) is 0 Å². The molecule has 0 aromatic rings. The van der Waals surface area contributed by atoms with Crippen LogP contribution in [0.15, 0.2) is 4.40 Å². The van der Waals surface area contributed by atoms with Crippen LogP contribution in [0.25, 0.3) is 0 Å². The van der Waals surface area contributed by atoms with E-state index < -0.39 is 0 Å². The summed E-state index contributed by atoms with van der Waals surface area (Å²) in [6.45, 7) is 6.86. The van der Waals surface area contributed by atoms with Crippen molar-refractivity contribution in [1.29, 1.82) is 0 Å². The van der Waals surface area contributed by atoms with E-state index in [0.717, 1.165) is 18.3 Å². The smallest absolute Gasteiger partial charge is 0.0295 e. The summed E-state index contributed by atoms with van der Waals surface area (Å²) in [5.41, 5.74) is 1.33. The minimum Gasteiger partial charge on any atom is -0.229 e. The zero-order valence-electron chi connectivity index (χ0n) is 8.25. The fourth-order valence-corrected chi connectivity index (χ4v) is 2.30. The zero-order valence-corrected chi connectivity index (χ0v) is 9.14. The van der Waals surface area contributed by atoms with Gasteiger partial charge in [-0.15, -0.1) is 0 Å². The first-order valence-electron chi connectivity index (χ1n) is 4.86. The van der Waals surface area contributed by atoms with Gasteiger partial charge in [0.15, 0.2) is 0 Å². The lowest BCUT2D eigenvalue weighted by molar-refractivity contribution is 0.366. The summed E-state index contributed by atoms with van der Waals surface area (Å²) < 4.78 is 4.11. The Kier molecular flexibility index (Phi) is 3.63. The quantitative estimate of drug-likeness (QED) is 0.601. The molecular weight excluding hydrogens is 166 g/mol. The lowest BCUT2D eigenvalue weighted by Crippen LogP contribution is -2.27. The topological polar surface area (TPSA) is 12.4 Å². The Balaban J connectivity index is 2.63. The van der Waals surface area contributed by atoms with Crippen molar-refractivity contribution in [1.82, 2.24) is 0 Å². The van der Waals surface area contributed by atoms with Gasteiger partial charge in [-0.2, -0.15) is 0 Å². The second kappa shape index (κ2) is 4.31. The Bertz CT molecular complexity index is 175. The summed E-state index contributed by atoms with van der Waals surface area (Å²) in [5, 5.41) is 0. The second-order valence-electron chi connectivity index (χ2n) is 4.33. The molecule has 0 heterocycles. The standard InChI is InChI=1S/C10H19NS/c1-7(2)9-5-4-8(3)6-10(9)11-12/h7-9,12H,4-6H2,1-3H3. The van der Waals surface area contributed by atoms with Crippen molar-refractivity contribution < 1.29 is 0 Å². The van der Waals surface area contributed by atoms with Gasteiger partial charge in [-0.05, 0) is 43.9 Å². The Morgan fingerprint density at radius 1 is 1.42 bits per heavy atom. The number of hydrogen-bond donors (Lipinski definition) is 1. The number of rotatable bonds is 1. The number of nitrogens with zero attached hydrogens (tertiary/aromatic N) is 1. The van der Waals surface area contributed by atoms with Crippen LogP contribution >= 0.6 is 12.8 Å². The highest BCUT2D eigenvalue weighted by molar-refractivity contribution is 7.79. The zero-order chi connectivity index (χ0) is 9.14. The van der Waals surface area contributed by atoms with Crippen LogP contribution in [0.3, 0.4) is 0 Å². The van der Waals surface area contributed by atoms with Gasteiger partial charge in [0, 0.05) is 11.6 Å². The highest BCUT2D eigenvalue weighted by Gasteiger charge is 2.26. The molecule has 70 valence electrons. The maximum absolute atomic E-state index is 4.11. The molecule has 0 bridgehead atoms. The van der Waals surface area contributed by atoms with E-state index in [9.17, 15) is 0 Å². The van der Waals surface area contributed by atoms with E-state index in [1.165, 1.54) is 18.6 Å². The fourth-order valence-electron chi connectivity index (χ4n) is 2.07. The normalized spacial score (nSPS) is 34.6. The van der Waals surface area contributed by atoms with Gasteiger partial charge in [0.05, 0.1) is 0 Å². The van der Waals surface area contributed by atoms with Gasteiger partial charge < -0.3 is 0 Å². The summed E-state index contributed by atoms with van der Waals surface area (Å²) in [7, 11) is 0. The Morgan fingerprint density at radius 3 is 2.58 bits per heavy atom. The Morgan fingerprint density at radius 2 is 2.08 bits per heavy atom. The van der Waals surface area contributed by atoms with E-state index in [0.29, 0.717) is 5.92 Å². The second-order valence-corrected chi connectivity index (χ2v) is 4.53. The van der Waals surface area contributed by atoms with Gasteiger partial charge in [-0.25, -0.2) is 4.40 Å². The summed E-state index contributed by atoms with van der Waals surface area (Å²) in [6.07, 6.45) is 3.82. The van der Waals surface area contributed by atoms with Gasteiger partial charge in [0.1, 0.15) is 0 Å². The lowest BCUT2D eigenvalue weighted by Gasteiger charge is -2.30. The third-order valence-corrected chi connectivity index (χ3v) is 3.15. The molecule has 0 aliphatic heterocycles. The average molecular weight is 185 g/mol. The van der Waals surface area contributed by atoms with Crippen LogP contribution in [-0.4, -0.2) is 5.71 Å².